The van der Waals surface area contributed by atoms with Gasteiger partial charge < -0.3 is 10.0 Å². The fourth-order valence-electron chi connectivity index (χ4n) is 3.98. The van der Waals surface area contributed by atoms with Crippen LogP contribution in [0.25, 0.3) is 5.57 Å². The fourth-order valence-corrected chi connectivity index (χ4v) is 4.48. The van der Waals surface area contributed by atoms with Gasteiger partial charge in [0.2, 0.25) is 0 Å². The molecule has 0 aromatic heterocycles. The van der Waals surface area contributed by atoms with Crippen LogP contribution in [0.5, 0.6) is 0 Å². The fraction of sp³-hybridized carbons (Fsp3) is 0.273. The molecule has 5 nitrogen and oxygen atoms in total. The van der Waals surface area contributed by atoms with Crippen LogP contribution in [0, 0.1) is 5.92 Å². The molecule has 1 fully saturated rings. The number of anilines is 1. The quantitative estimate of drug-likeness (QED) is 0.745. The maximum absolute atomic E-state index is 13.4. The van der Waals surface area contributed by atoms with Gasteiger partial charge >= 0.3 is 0 Å². The summed E-state index contributed by atoms with van der Waals surface area (Å²) < 4.78 is 0. The first-order valence-electron chi connectivity index (χ1n) is 9.50. The van der Waals surface area contributed by atoms with E-state index in [-0.39, 0.29) is 24.0 Å². The summed E-state index contributed by atoms with van der Waals surface area (Å²) in [6.07, 6.45) is 1.73. The highest BCUT2D eigenvalue weighted by atomic mass is 35.5. The zero-order chi connectivity index (χ0) is 20.5. The van der Waals surface area contributed by atoms with E-state index in [2.05, 4.69) is 0 Å². The van der Waals surface area contributed by atoms with Crippen molar-refractivity contribution in [2.75, 3.05) is 24.6 Å². The highest BCUT2D eigenvalue weighted by molar-refractivity contribution is 6.47. The van der Waals surface area contributed by atoms with Crippen LogP contribution in [0.4, 0.5) is 5.69 Å². The van der Waals surface area contributed by atoms with Crippen molar-refractivity contribution in [1.29, 1.82) is 0 Å². The largest absolute Gasteiger partial charge is 0.396 e. The van der Waals surface area contributed by atoms with Crippen molar-refractivity contribution < 1.29 is 14.7 Å². The number of piperidine rings is 1. The number of carbonyl (C=O) groups excluding carboxylic acids is 2. The van der Waals surface area contributed by atoms with Gasteiger partial charge in [-0.1, -0.05) is 47.5 Å². The molecule has 4 rings (SSSR count). The molecule has 0 spiro atoms. The van der Waals surface area contributed by atoms with E-state index in [4.69, 9.17) is 23.2 Å². The molecule has 1 N–H and O–H groups in total. The summed E-state index contributed by atoms with van der Waals surface area (Å²) in [5.74, 6) is -0.723. The molecule has 2 aliphatic heterocycles. The first-order chi connectivity index (χ1) is 14.0. The van der Waals surface area contributed by atoms with Gasteiger partial charge in [-0.15, -0.1) is 0 Å². The molecule has 29 heavy (non-hydrogen) atoms. The monoisotopic (exact) mass is 430 g/mol. The summed E-state index contributed by atoms with van der Waals surface area (Å²) in [5.41, 5.74) is 1.60. The van der Waals surface area contributed by atoms with E-state index in [0.29, 0.717) is 40.1 Å². The van der Waals surface area contributed by atoms with Crippen LogP contribution in [0.1, 0.15) is 18.4 Å². The number of likely N-dealkylation sites (tertiary alicyclic amines) is 1. The van der Waals surface area contributed by atoms with Crippen molar-refractivity contribution in [1.82, 2.24) is 4.90 Å². The van der Waals surface area contributed by atoms with Crippen molar-refractivity contribution in [3.63, 3.8) is 0 Å². The van der Waals surface area contributed by atoms with Gasteiger partial charge in [-0.2, -0.15) is 0 Å². The summed E-state index contributed by atoms with van der Waals surface area (Å²) in [4.78, 5) is 30.0. The molecule has 2 aromatic rings. The normalized spacial score (nSPS) is 20.0. The van der Waals surface area contributed by atoms with Crippen molar-refractivity contribution in [2.24, 2.45) is 5.92 Å². The summed E-state index contributed by atoms with van der Waals surface area (Å²) >= 11 is 12.5. The van der Waals surface area contributed by atoms with Crippen molar-refractivity contribution in [3.05, 3.63) is 69.8 Å². The lowest BCUT2D eigenvalue weighted by molar-refractivity contribution is -0.120. The van der Waals surface area contributed by atoms with Gasteiger partial charge in [-0.05, 0) is 43.0 Å². The SMILES string of the molecule is O=C1C(c2ccc(Cl)cc2Cl)=C(N2CCCC(CO)C2)C(=O)N1c1ccccc1. The third-order valence-electron chi connectivity index (χ3n) is 5.37. The van der Waals surface area contributed by atoms with Crippen LogP contribution in [-0.4, -0.2) is 41.5 Å². The Balaban J connectivity index is 1.85. The first kappa shape index (κ1) is 20.0. The van der Waals surface area contributed by atoms with Crippen molar-refractivity contribution >= 4 is 46.3 Å². The molecule has 2 heterocycles. The minimum absolute atomic E-state index is 0.0470. The van der Waals surface area contributed by atoms with Gasteiger partial charge in [-0.25, -0.2) is 4.90 Å². The average molecular weight is 431 g/mol. The number of rotatable bonds is 4. The molecule has 1 atom stereocenters. The molecule has 2 aliphatic rings. The molecule has 0 radical (unpaired) electrons. The van der Waals surface area contributed by atoms with Crippen molar-refractivity contribution in [2.45, 2.75) is 12.8 Å². The Hall–Kier alpha value is -2.34. The number of aliphatic hydroxyl groups is 1. The molecule has 150 valence electrons. The third-order valence-corrected chi connectivity index (χ3v) is 5.92. The number of imide groups is 1. The predicted molar refractivity (Wildman–Crippen MR) is 114 cm³/mol. The lowest BCUT2D eigenvalue weighted by atomic mass is 9.97. The highest BCUT2D eigenvalue weighted by Crippen LogP contribution is 2.39. The smallest absolute Gasteiger partial charge is 0.282 e. The Kier molecular flexibility index (Phi) is 5.63. The number of hydrogen-bond donors (Lipinski definition) is 1. The minimum atomic E-state index is -0.411. The summed E-state index contributed by atoms with van der Waals surface area (Å²) in [6, 6.07) is 13.8. The Morgan fingerprint density at radius 1 is 1.03 bits per heavy atom. The van der Waals surface area contributed by atoms with Gasteiger partial charge in [0, 0.05) is 30.3 Å². The Morgan fingerprint density at radius 3 is 2.48 bits per heavy atom. The second-order valence-corrected chi connectivity index (χ2v) is 8.11. The minimum Gasteiger partial charge on any atom is -0.396 e. The van der Waals surface area contributed by atoms with E-state index in [1.165, 1.54) is 4.90 Å². The number of aliphatic hydroxyl groups excluding tert-OH is 1. The molecule has 1 unspecified atom stereocenters. The van der Waals surface area contributed by atoms with E-state index in [1.807, 2.05) is 11.0 Å². The Bertz CT molecular complexity index is 991. The number of amides is 2. The van der Waals surface area contributed by atoms with Crippen molar-refractivity contribution in [3.8, 4) is 0 Å². The van der Waals surface area contributed by atoms with Gasteiger partial charge in [0.05, 0.1) is 16.3 Å². The molecule has 7 heteroatoms. The zero-order valence-corrected chi connectivity index (χ0v) is 17.2. The van der Waals surface area contributed by atoms with E-state index < -0.39 is 5.91 Å². The number of halogens is 2. The molecular weight excluding hydrogens is 411 g/mol. The van der Waals surface area contributed by atoms with Crippen LogP contribution < -0.4 is 4.90 Å². The van der Waals surface area contributed by atoms with E-state index in [9.17, 15) is 14.7 Å². The second kappa shape index (κ2) is 8.19. The maximum Gasteiger partial charge on any atom is 0.282 e. The molecular formula is C22H20Cl2N2O3. The van der Waals surface area contributed by atoms with Crippen LogP contribution in [0.3, 0.4) is 0 Å². The zero-order valence-electron chi connectivity index (χ0n) is 15.6. The highest BCUT2D eigenvalue weighted by Gasteiger charge is 2.43. The number of hydrogen-bond acceptors (Lipinski definition) is 4. The van der Waals surface area contributed by atoms with E-state index in [0.717, 1.165) is 12.8 Å². The standard InChI is InChI=1S/C22H20Cl2N2O3/c23-15-8-9-17(18(24)11-15)19-20(25-10-4-5-14(12-25)13-27)22(29)26(21(19)28)16-6-2-1-3-7-16/h1-3,6-9,11,14,27H,4-5,10,12-13H2. The van der Waals surface area contributed by atoms with Gasteiger partial charge in [0.25, 0.3) is 11.8 Å². The topological polar surface area (TPSA) is 60.9 Å². The summed E-state index contributed by atoms with van der Waals surface area (Å²) in [6.45, 7) is 1.20. The molecule has 2 aromatic carbocycles. The molecule has 0 aliphatic carbocycles. The number of carbonyl (C=O) groups is 2. The lowest BCUT2D eigenvalue weighted by Crippen LogP contribution is -2.40. The van der Waals surface area contributed by atoms with Crippen LogP contribution in [0.2, 0.25) is 10.0 Å². The van der Waals surface area contributed by atoms with Gasteiger partial charge in [-0.3, -0.25) is 9.59 Å². The predicted octanol–water partition coefficient (Wildman–Crippen LogP) is 3.98. The third kappa shape index (κ3) is 3.66. The summed E-state index contributed by atoms with van der Waals surface area (Å²) in [7, 11) is 0. The Labute approximate surface area is 179 Å². The lowest BCUT2D eigenvalue weighted by Gasteiger charge is -2.34. The molecule has 2 amide bonds. The molecule has 1 saturated heterocycles. The number of benzene rings is 2. The summed E-state index contributed by atoms with van der Waals surface area (Å²) in [5, 5.41) is 10.4. The van der Waals surface area contributed by atoms with E-state index >= 15 is 0 Å². The molecule has 0 bridgehead atoms. The van der Waals surface area contributed by atoms with Crippen LogP contribution in [-0.2, 0) is 9.59 Å². The van der Waals surface area contributed by atoms with Crippen LogP contribution in [0.15, 0.2) is 54.2 Å². The van der Waals surface area contributed by atoms with Crippen LogP contribution >= 0.6 is 23.2 Å². The number of para-hydroxylation sites is 1. The Morgan fingerprint density at radius 2 is 1.79 bits per heavy atom. The van der Waals surface area contributed by atoms with Gasteiger partial charge in [0.1, 0.15) is 5.70 Å². The maximum atomic E-state index is 13.4. The van der Waals surface area contributed by atoms with Gasteiger partial charge in [0.15, 0.2) is 0 Å². The molecule has 0 saturated carbocycles. The number of nitrogens with zero attached hydrogens (tertiary/aromatic N) is 2. The average Bonchev–Trinajstić information content (AvgIpc) is 2.99. The first-order valence-corrected chi connectivity index (χ1v) is 10.3. The van der Waals surface area contributed by atoms with E-state index in [1.54, 1.807) is 42.5 Å². The second-order valence-electron chi connectivity index (χ2n) is 7.27.